The second kappa shape index (κ2) is 9.58. The van der Waals surface area contributed by atoms with E-state index in [0.29, 0.717) is 19.8 Å². The van der Waals surface area contributed by atoms with E-state index in [1.165, 1.54) is 0 Å². The molecule has 1 fully saturated rings. The third-order valence-electron chi connectivity index (χ3n) is 3.31. The van der Waals surface area contributed by atoms with Gasteiger partial charge in [0.2, 0.25) is 0 Å². The van der Waals surface area contributed by atoms with E-state index in [2.05, 4.69) is 22.1 Å². The highest BCUT2D eigenvalue weighted by atomic mass is 16.5. The van der Waals surface area contributed by atoms with Gasteiger partial charge in [0, 0.05) is 26.7 Å². The van der Waals surface area contributed by atoms with Gasteiger partial charge in [0.1, 0.15) is 0 Å². The molecule has 1 aliphatic heterocycles. The number of likely N-dealkylation sites (tertiary alicyclic amines) is 1. The van der Waals surface area contributed by atoms with Crippen molar-refractivity contribution in [3.63, 3.8) is 0 Å². The molecule has 0 saturated carbocycles. The van der Waals surface area contributed by atoms with Gasteiger partial charge in [0.15, 0.2) is 5.96 Å². The van der Waals surface area contributed by atoms with Crippen LogP contribution in [0.25, 0.3) is 0 Å². The van der Waals surface area contributed by atoms with Gasteiger partial charge < -0.3 is 19.7 Å². The first-order valence-corrected chi connectivity index (χ1v) is 7.41. The van der Waals surface area contributed by atoms with E-state index in [9.17, 15) is 4.79 Å². The lowest BCUT2D eigenvalue weighted by atomic mass is 9.97. The van der Waals surface area contributed by atoms with Gasteiger partial charge in [-0.15, -0.1) is 0 Å². The van der Waals surface area contributed by atoms with Crippen LogP contribution in [0.15, 0.2) is 4.99 Å². The summed E-state index contributed by atoms with van der Waals surface area (Å²) in [5.41, 5.74) is 0. The molecule has 6 heteroatoms. The van der Waals surface area contributed by atoms with Crippen LogP contribution < -0.4 is 5.32 Å². The third kappa shape index (κ3) is 5.36. The van der Waals surface area contributed by atoms with Crippen molar-refractivity contribution in [3.8, 4) is 0 Å². The fraction of sp³-hybridized carbons (Fsp3) is 0.857. The van der Waals surface area contributed by atoms with Gasteiger partial charge in [0.05, 0.1) is 25.7 Å². The summed E-state index contributed by atoms with van der Waals surface area (Å²) in [4.78, 5) is 18.4. The van der Waals surface area contributed by atoms with Crippen molar-refractivity contribution in [2.24, 2.45) is 10.9 Å². The summed E-state index contributed by atoms with van der Waals surface area (Å²) in [6.07, 6.45) is 1.65. The monoisotopic (exact) mass is 285 g/mol. The van der Waals surface area contributed by atoms with Crippen LogP contribution in [0.2, 0.25) is 0 Å². The molecule has 0 unspecified atom stereocenters. The molecule has 0 radical (unpaired) electrons. The maximum absolute atomic E-state index is 11.7. The molecule has 0 bridgehead atoms. The average molecular weight is 285 g/mol. The van der Waals surface area contributed by atoms with Gasteiger partial charge in [0.25, 0.3) is 0 Å². The highest BCUT2D eigenvalue weighted by molar-refractivity contribution is 5.80. The fourth-order valence-electron chi connectivity index (χ4n) is 2.26. The van der Waals surface area contributed by atoms with Crippen LogP contribution in [-0.4, -0.2) is 63.3 Å². The zero-order valence-electron chi connectivity index (χ0n) is 12.9. The average Bonchev–Trinajstić information content (AvgIpc) is 2.47. The second-order valence-electron chi connectivity index (χ2n) is 4.74. The van der Waals surface area contributed by atoms with Crippen LogP contribution in [0, 0.1) is 5.92 Å². The molecule has 0 atom stereocenters. The molecule has 0 aromatic heterocycles. The van der Waals surface area contributed by atoms with Crippen molar-refractivity contribution in [3.05, 3.63) is 0 Å². The third-order valence-corrected chi connectivity index (χ3v) is 3.31. The first-order chi connectivity index (χ1) is 9.72. The summed E-state index contributed by atoms with van der Waals surface area (Å²) < 4.78 is 10.1. The minimum absolute atomic E-state index is 0.0352. The lowest BCUT2D eigenvalue weighted by Crippen LogP contribution is -2.46. The van der Waals surface area contributed by atoms with Gasteiger partial charge in [-0.3, -0.25) is 9.79 Å². The summed E-state index contributed by atoms with van der Waals surface area (Å²) in [6, 6.07) is 0. The van der Waals surface area contributed by atoms with Crippen LogP contribution in [0.3, 0.4) is 0 Å². The Bertz CT molecular complexity index is 313. The Morgan fingerprint density at radius 2 is 2.05 bits per heavy atom. The molecule has 20 heavy (non-hydrogen) atoms. The first-order valence-electron chi connectivity index (χ1n) is 7.41. The highest BCUT2D eigenvalue weighted by Crippen LogP contribution is 2.18. The zero-order valence-corrected chi connectivity index (χ0v) is 12.9. The summed E-state index contributed by atoms with van der Waals surface area (Å²) in [5.74, 6) is 0.883. The van der Waals surface area contributed by atoms with Gasteiger partial charge in [-0.2, -0.15) is 0 Å². The summed E-state index contributed by atoms with van der Waals surface area (Å²) in [7, 11) is 1.67. The molecule has 0 aromatic carbocycles. The maximum atomic E-state index is 11.7. The van der Waals surface area contributed by atoms with Gasteiger partial charge in [-0.25, -0.2) is 0 Å². The van der Waals surface area contributed by atoms with Crippen LogP contribution in [0.5, 0.6) is 0 Å². The van der Waals surface area contributed by atoms with Crippen LogP contribution in [0.4, 0.5) is 0 Å². The fourth-order valence-corrected chi connectivity index (χ4v) is 2.26. The standard InChI is InChI=1S/C14H27N3O3/c1-4-15-14(16-8-11-19-3)17-9-6-12(7-10-17)13(18)20-5-2/h12H,4-11H2,1-3H3,(H,15,16). The topological polar surface area (TPSA) is 63.2 Å². The Balaban J connectivity index is 2.47. The number of guanidine groups is 1. The number of hydrogen-bond donors (Lipinski definition) is 1. The lowest BCUT2D eigenvalue weighted by Gasteiger charge is -2.33. The van der Waals surface area contributed by atoms with Gasteiger partial charge >= 0.3 is 5.97 Å². The molecule has 6 nitrogen and oxygen atoms in total. The van der Waals surface area contributed by atoms with Crippen molar-refractivity contribution in [2.75, 3.05) is 46.5 Å². The molecular weight excluding hydrogens is 258 g/mol. The SMILES string of the molecule is CCNC(=NCCOC)N1CCC(C(=O)OCC)CC1. The molecule has 0 spiro atoms. The number of nitrogens with one attached hydrogen (secondary N) is 1. The second-order valence-corrected chi connectivity index (χ2v) is 4.74. The van der Waals surface area contributed by atoms with Gasteiger partial charge in [-0.05, 0) is 26.7 Å². The Kier molecular flexibility index (Phi) is 8.02. The molecule has 116 valence electrons. The van der Waals surface area contributed by atoms with E-state index >= 15 is 0 Å². The molecule has 1 rings (SSSR count). The van der Waals surface area contributed by atoms with E-state index in [1.54, 1.807) is 7.11 Å². The summed E-state index contributed by atoms with van der Waals surface area (Å²) in [5, 5.41) is 3.28. The predicted octanol–water partition coefficient (Wildman–Crippen LogP) is 0.873. The minimum atomic E-state index is -0.0616. The van der Waals surface area contributed by atoms with Crippen molar-refractivity contribution in [2.45, 2.75) is 26.7 Å². The van der Waals surface area contributed by atoms with Crippen molar-refractivity contribution < 1.29 is 14.3 Å². The number of rotatable bonds is 6. The molecule has 0 aliphatic carbocycles. The van der Waals surface area contributed by atoms with E-state index < -0.39 is 0 Å². The molecule has 1 heterocycles. The molecular formula is C14H27N3O3. The Labute approximate surface area is 121 Å². The molecule has 0 amide bonds. The number of methoxy groups -OCH3 is 1. The number of carbonyl (C=O) groups is 1. The number of hydrogen-bond acceptors (Lipinski definition) is 4. The molecule has 1 aliphatic rings. The van der Waals surface area contributed by atoms with Crippen molar-refractivity contribution in [1.82, 2.24) is 10.2 Å². The smallest absolute Gasteiger partial charge is 0.309 e. The highest BCUT2D eigenvalue weighted by Gasteiger charge is 2.27. The quantitative estimate of drug-likeness (QED) is 0.340. The molecule has 0 aromatic rings. The van der Waals surface area contributed by atoms with E-state index in [1.807, 2.05) is 6.92 Å². The van der Waals surface area contributed by atoms with E-state index in [4.69, 9.17) is 9.47 Å². The number of esters is 1. The number of piperidine rings is 1. The largest absolute Gasteiger partial charge is 0.466 e. The van der Waals surface area contributed by atoms with Crippen molar-refractivity contribution in [1.29, 1.82) is 0 Å². The predicted molar refractivity (Wildman–Crippen MR) is 78.8 cm³/mol. The van der Waals surface area contributed by atoms with Crippen LogP contribution in [0.1, 0.15) is 26.7 Å². The Morgan fingerprint density at radius 3 is 2.60 bits per heavy atom. The molecule has 1 saturated heterocycles. The van der Waals surface area contributed by atoms with E-state index in [0.717, 1.165) is 38.4 Å². The zero-order chi connectivity index (χ0) is 14.8. The summed E-state index contributed by atoms with van der Waals surface area (Å²) >= 11 is 0. The number of ether oxygens (including phenoxy) is 2. The minimum Gasteiger partial charge on any atom is -0.466 e. The number of nitrogens with zero attached hydrogens (tertiary/aromatic N) is 2. The Morgan fingerprint density at radius 1 is 1.35 bits per heavy atom. The number of aliphatic imine (C=N–C) groups is 1. The van der Waals surface area contributed by atoms with Crippen LogP contribution >= 0.6 is 0 Å². The normalized spacial score (nSPS) is 17.1. The lowest BCUT2D eigenvalue weighted by molar-refractivity contribution is -0.149. The van der Waals surface area contributed by atoms with Crippen LogP contribution in [-0.2, 0) is 14.3 Å². The van der Waals surface area contributed by atoms with Crippen molar-refractivity contribution >= 4 is 11.9 Å². The Hall–Kier alpha value is -1.30. The molecule has 1 N–H and O–H groups in total. The first kappa shape index (κ1) is 16.8. The van der Waals surface area contributed by atoms with Gasteiger partial charge in [-0.1, -0.05) is 0 Å². The van der Waals surface area contributed by atoms with E-state index in [-0.39, 0.29) is 11.9 Å². The number of carbonyl (C=O) groups excluding carboxylic acids is 1. The maximum Gasteiger partial charge on any atom is 0.309 e. The summed E-state index contributed by atoms with van der Waals surface area (Å²) in [6.45, 7) is 8.13.